The molecule has 1 amide bonds. The van der Waals surface area contributed by atoms with Gasteiger partial charge in [-0.3, -0.25) is 9.52 Å². The zero-order valence-electron chi connectivity index (χ0n) is 18.3. The van der Waals surface area contributed by atoms with E-state index in [0.717, 1.165) is 5.56 Å². The van der Waals surface area contributed by atoms with Crippen molar-refractivity contribution in [1.82, 2.24) is 0 Å². The smallest absolute Gasteiger partial charge is 0.340 e. The summed E-state index contributed by atoms with van der Waals surface area (Å²) in [7, 11) is -3.98. The minimum Gasteiger partial charge on any atom is -0.452 e. The van der Waals surface area contributed by atoms with Crippen molar-refractivity contribution in [3.8, 4) is 0 Å². The first-order valence-corrected chi connectivity index (χ1v) is 11.5. The summed E-state index contributed by atoms with van der Waals surface area (Å²) < 4.78 is 47.1. The molecule has 33 heavy (non-hydrogen) atoms. The first-order chi connectivity index (χ1) is 15.6. The van der Waals surface area contributed by atoms with Gasteiger partial charge in [0.2, 0.25) is 0 Å². The van der Waals surface area contributed by atoms with Crippen molar-refractivity contribution in [2.75, 3.05) is 16.6 Å². The molecule has 0 saturated carbocycles. The molecule has 0 spiro atoms. The summed E-state index contributed by atoms with van der Waals surface area (Å²) in [5.74, 6) is -2.26. The van der Waals surface area contributed by atoms with Gasteiger partial charge in [-0.2, -0.15) is 0 Å². The molecule has 0 aromatic heterocycles. The lowest BCUT2D eigenvalue weighted by Crippen LogP contribution is -2.22. The van der Waals surface area contributed by atoms with Gasteiger partial charge in [-0.1, -0.05) is 30.3 Å². The lowest BCUT2D eigenvalue weighted by Gasteiger charge is -2.14. The zero-order chi connectivity index (χ0) is 24.2. The molecule has 0 aliphatic rings. The van der Waals surface area contributed by atoms with Gasteiger partial charge in [0.15, 0.2) is 6.61 Å². The third-order valence-electron chi connectivity index (χ3n) is 4.76. The Kier molecular flexibility index (Phi) is 7.13. The van der Waals surface area contributed by atoms with Crippen molar-refractivity contribution >= 4 is 33.3 Å². The number of rotatable bonds is 7. The predicted molar refractivity (Wildman–Crippen MR) is 123 cm³/mol. The summed E-state index contributed by atoms with van der Waals surface area (Å²) >= 11 is 0. The second-order valence-corrected chi connectivity index (χ2v) is 9.18. The lowest BCUT2D eigenvalue weighted by molar-refractivity contribution is -0.119. The van der Waals surface area contributed by atoms with Crippen LogP contribution in [0.2, 0.25) is 0 Å². The topological polar surface area (TPSA) is 102 Å². The molecule has 0 fully saturated rings. The van der Waals surface area contributed by atoms with Gasteiger partial charge in [-0.05, 0) is 67.8 Å². The Bertz CT molecular complexity index is 1320. The van der Waals surface area contributed by atoms with Crippen LogP contribution in [0.1, 0.15) is 27.0 Å². The van der Waals surface area contributed by atoms with Gasteiger partial charge in [0.25, 0.3) is 15.9 Å². The van der Waals surface area contributed by atoms with Gasteiger partial charge < -0.3 is 10.1 Å². The van der Waals surface area contributed by atoms with E-state index in [9.17, 15) is 22.4 Å². The van der Waals surface area contributed by atoms with Crippen LogP contribution in [0.5, 0.6) is 0 Å². The average Bonchev–Trinajstić information content (AvgIpc) is 2.75. The third-order valence-corrected chi connectivity index (χ3v) is 6.26. The number of para-hydroxylation sites is 1. The molecule has 2 N–H and O–H groups in total. The van der Waals surface area contributed by atoms with Gasteiger partial charge in [0.1, 0.15) is 5.82 Å². The van der Waals surface area contributed by atoms with E-state index in [-0.39, 0.29) is 21.8 Å². The van der Waals surface area contributed by atoms with Crippen molar-refractivity contribution in [3.63, 3.8) is 0 Å². The third kappa shape index (κ3) is 5.95. The molecule has 3 rings (SSSR count). The molecule has 172 valence electrons. The first-order valence-electron chi connectivity index (χ1n) is 9.99. The van der Waals surface area contributed by atoms with Crippen molar-refractivity contribution < 1.29 is 27.1 Å². The van der Waals surface area contributed by atoms with Gasteiger partial charge in [-0.25, -0.2) is 17.6 Å². The highest BCUT2D eigenvalue weighted by Gasteiger charge is 2.21. The Morgan fingerprint density at radius 3 is 2.30 bits per heavy atom. The maximum atomic E-state index is 13.9. The number of anilines is 2. The molecule has 0 unspecified atom stereocenters. The molecule has 3 aromatic carbocycles. The molecule has 0 aliphatic carbocycles. The SMILES string of the molecule is Cc1ccc(NC(=O)COC(=O)c2ccccc2NS(=O)(=O)c2cc(C)ccc2C)c(F)c1. The Morgan fingerprint density at radius 2 is 1.58 bits per heavy atom. The molecule has 0 saturated heterocycles. The zero-order valence-corrected chi connectivity index (χ0v) is 19.1. The van der Waals surface area contributed by atoms with Crippen molar-refractivity contribution in [1.29, 1.82) is 0 Å². The average molecular weight is 471 g/mol. The van der Waals surface area contributed by atoms with Crippen LogP contribution in [0.25, 0.3) is 0 Å². The number of benzene rings is 3. The normalized spacial score (nSPS) is 11.0. The van der Waals surface area contributed by atoms with Gasteiger partial charge in [-0.15, -0.1) is 0 Å². The fraction of sp³-hybridized carbons (Fsp3) is 0.167. The van der Waals surface area contributed by atoms with E-state index < -0.39 is 34.3 Å². The Labute approximate surface area is 191 Å². The fourth-order valence-corrected chi connectivity index (χ4v) is 4.47. The first kappa shape index (κ1) is 23.9. The van der Waals surface area contributed by atoms with Crippen LogP contribution in [0, 0.1) is 26.6 Å². The molecule has 0 radical (unpaired) electrons. The number of carbonyl (C=O) groups is 2. The number of carbonyl (C=O) groups excluding carboxylic acids is 2. The predicted octanol–water partition coefficient (Wildman–Crippen LogP) is 4.35. The molecule has 0 atom stereocenters. The van der Waals surface area contributed by atoms with Gasteiger partial charge >= 0.3 is 5.97 Å². The maximum Gasteiger partial charge on any atom is 0.340 e. The summed E-state index contributed by atoms with van der Waals surface area (Å²) in [6, 6.07) is 15.2. The van der Waals surface area contributed by atoms with Crippen LogP contribution in [-0.2, 0) is 19.6 Å². The van der Waals surface area contributed by atoms with E-state index >= 15 is 0 Å². The number of amides is 1. The number of nitrogens with one attached hydrogen (secondary N) is 2. The van der Waals surface area contributed by atoms with E-state index in [1.165, 1.54) is 36.4 Å². The van der Waals surface area contributed by atoms with E-state index in [4.69, 9.17) is 4.74 Å². The number of esters is 1. The highest BCUT2D eigenvalue weighted by Crippen LogP contribution is 2.24. The van der Waals surface area contributed by atoms with E-state index in [1.54, 1.807) is 45.0 Å². The van der Waals surface area contributed by atoms with Crippen LogP contribution < -0.4 is 10.0 Å². The Morgan fingerprint density at radius 1 is 0.909 bits per heavy atom. The molecule has 0 bridgehead atoms. The van der Waals surface area contributed by atoms with Gasteiger partial charge in [0.05, 0.1) is 21.8 Å². The number of sulfonamides is 1. The lowest BCUT2D eigenvalue weighted by atomic mass is 10.2. The summed E-state index contributed by atoms with van der Waals surface area (Å²) in [4.78, 5) is 24.7. The molecule has 3 aromatic rings. The van der Waals surface area contributed by atoms with Crippen LogP contribution in [0.3, 0.4) is 0 Å². The number of hydrogen-bond acceptors (Lipinski definition) is 5. The molecule has 9 heteroatoms. The Balaban J connectivity index is 1.72. The summed E-state index contributed by atoms with van der Waals surface area (Å²) in [5, 5.41) is 2.33. The quantitative estimate of drug-likeness (QED) is 0.500. The van der Waals surface area contributed by atoms with Crippen LogP contribution in [0.4, 0.5) is 15.8 Å². The summed E-state index contributed by atoms with van der Waals surface area (Å²) in [6.45, 7) is 4.48. The summed E-state index contributed by atoms with van der Waals surface area (Å²) in [5.41, 5.74) is 1.91. The second-order valence-electron chi connectivity index (χ2n) is 7.53. The van der Waals surface area contributed by atoms with Crippen LogP contribution >= 0.6 is 0 Å². The van der Waals surface area contributed by atoms with Crippen molar-refractivity contribution in [3.05, 3.63) is 88.7 Å². The maximum absolute atomic E-state index is 13.9. The highest BCUT2D eigenvalue weighted by molar-refractivity contribution is 7.92. The second kappa shape index (κ2) is 9.83. The van der Waals surface area contributed by atoms with Crippen LogP contribution in [0.15, 0.2) is 65.6 Å². The Hall–Kier alpha value is -3.72. The number of ether oxygens (including phenoxy) is 1. The van der Waals surface area contributed by atoms with E-state index in [2.05, 4.69) is 10.0 Å². The highest BCUT2D eigenvalue weighted by atomic mass is 32.2. The summed E-state index contributed by atoms with van der Waals surface area (Å²) in [6.07, 6.45) is 0. The standard InChI is InChI=1S/C24H23FN2O5S/c1-15-9-11-21(19(25)12-15)26-23(28)14-32-24(29)18-6-4-5-7-20(18)27-33(30,31)22-13-16(2)8-10-17(22)3/h4-13,27H,14H2,1-3H3,(H,26,28). The van der Waals surface area contributed by atoms with Crippen molar-refractivity contribution in [2.24, 2.45) is 0 Å². The number of hydrogen-bond donors (Lipinski definition) is 2. The minimum absolute atomic E-state index is 0.00777. The van der Waals surface area contributed by atoms with Crippen molar-refractivity contribution in [2.45, 2.75) is 25.7 Å². The number of halogens is 1. The van der Waals surface area contributed by atoms with Gasteiger partial charge in [0, 0.05) is 0 Å². The molecule has 0 aliphatic heterocycles. The van der Waals surface area contributed by atoms with E-state index in [0.29, 0.717) is 11.1 Å². The molecule has 7 nitrogen and oxygen atoms in total. The largest absolute Gasteiger partial charge is 0.452 e. The molecular weight excluding hydrogens is 447 g/mol. The fourth-order valence-electron chi connectivity index (χ4n) is 3.06. The number of aryl methyl sites for hydroxylation is 3. The van der Waals surface area contributed by atoms with E-state index in [1.807, 2.05) is 0 Å². The molecular formula is C24H23FN2O5S. The van der Waals surface area contributed by atoms with Crippen LogP contribution in [-0.4, -0.2) is 26.9 Å². The minimum atomic E-state index is -3.98. The monoisotopic (exact) mass is 470 g/mol. The molecule has 0 heterocycles.